The third-order valence-electron chi connectivity index (χ3n) is 3.77. The van der Waals surface area contributed by atoms with Gasteiger partial charge in [-0.2, -0.15) is 11.3 Å². The SMILES string of the molecule is CNCc1sc(N(Cc2ccsc2)C2CC2)nc1C(C)C. The van der Waals surface area contributed by atoms with E-state index in [1.807, 2.05) is 18.4 Å². The lowest BCUT2D eigenvalue weighted by Gasteiger charge is -2.20. The van der Waals surface area contributed by atoms with Crippen LogP contribution in [0, 0.1) is 0 Å². The molecule has 0 bridgehead atoms. The van der Waals surface area contributed by atoms with Crippen LogP contribution in [0.4, 0.5) is 5.13 Å². The topological polar surface area (TPSA) is 28.2 Å². The van der Waals surface area contributed by atoms with E-state index < -0.39 is 0 Å². The molecule has 21 heavy (non-hydrogen) atoms. The fraction of sp³-hybridized carbons (Fsp3) is 0.562. The van der Waals surface area contributed by atoms with Gasteiger partial charge in [0.15, 0.2) is 5.13 Å². The summed E-state index contributed by atoms with van der Waals surface area (Å²) >= 11 is 3.64. The number of nitrogens with one attached hydrogen (secondary N) is 1. The molecule has 3 rings (SSSR count). The molecule has 2 heterocycles. The van der Waals surface area contributed by atoms with E-state index in [-0.39, 0.29) is 0 Å². The molecule has 0 spiro atoms. The molecule has 0 radical (unpaired) electrons. The van der Waals surface area contributed by atoms with Gasteiger partial charge in [0.2, 0.25) is 0 Å². The Kier molecular flexibility index (Phi) is 4.62. The summed E-state index contributed by atoms with van der Waals surface area (Å²) in [6.45, 7) is 6.39. The molecule has 2 aromatic heterocycles. The molecular formula is C16H23N3S2. The van der Waals surface area contributed by atoms with E-state index in [1.54, 1.807) is 11.3 Å². The Morgan fingerprint density at radius 2 is 2.24 bits per heavy atom. The van der Waals surface area contributed by atoms with Crippen LogP contribution in [0.15, 0.2) is 16.8 Å². The molecule has 2 aromatic rings. The van der Waals surface area contributed by atoms with Gasteiger partial charge in [0, 0.05) is 24.0 Å². The number of nitrogens with zero attached hydrogens (tertiary/aromatic N) is 2. The molecule has 3 nitrogen and oxygen atoms in total. The third kappa shape index (κ3) is 3.47. The van der Waals surface area contributed by atoms with Crippen molar-refractivity contribution in [2.75, 3.05) is 11.9 Å². The number of hydrogen-bond donors (Lipinski definition) is 1. The minimum absolute atomic E-state index is 0.487. The molecular weight excluding hydrogens is 298 g/mol. The van der Waals surface area contributed by atoms with Gasteiger partial charge in [0.1, 0.15) is 0 Å². The molecule has 5 heteroatoms. The summed E-state index contributed by atoms with van der Waals surface area (Å²) in [7, 11) is 2.01. The van der Waals surface area contributed by atoms with Crippen LogP contribution in [0.25, 0.3) is 0 Å². The van der Waals surface area contributed by atoms with E-state index in [0.717, 1.165) is 13.1 Å². The van der Waals surface area contributed by atoms with Crippen LogP contribution in [-0.2, 0) is 13.1 Å². The Hall–Kier alpha value is -0.910. The smallest absolute Gasteiger partial charge is 0.186 e. The first-order valence-electron chi connectivity index (χ1n) is 7.61. The quantitative estimate of drug-likeness (QED) is 0.828. The number of anilines is 1. The highest BCUT2D eigenvalue weighted by Gasteiger charge is 2.32. The number of thiophene rings is 1. The number of rotatable bonds is 7. The monoisotopic (exact) mass is 321 g/mol. The second-order valence-corrected chi connectivity index (χ2v) is 7.82. The van der Waals surface area contributed by atoms with E-state index >= 15 is 0 Å². The van der Waals surface area contributed by atoms with Crippen LogP contribution in [0.1, 0.15) is 48.7 Å². The third-order valence-corrected chi connectivity index (χ3v) is 5.61. The Bertz CT molecular complexity index is 570. The maximum atomic E-state index is 4.98. The molecule has 0 aliphatic heterocycles. The molecule has 1 saturated carbocycles. The lowest BCUT2D eigenvalue weighted by molar-refractivity contribution is 0.756. The summed E-state index contributed by atoms with van der Waals surface area (Å²) in [5.41, 5.74) is 2.67. The van der Waals surface area contributed by atoms with Crippen molar-refractivity contribution in [3.63, 3.8) is 0 Å². The van der Waals surface area contributed by atoms with Gasteiger partial charge in [-0.15, -0.1) is 11.3 Å². The lowest BCUT2D eigenvalue weighted by atomic mass is 10.1. The maximum Gasteiger partial charge on any atom is 0.186 e. The number of hydrogen-bond acceptors (Lipinski definition) is 5. The fourth-order valence-electron chi connectivity index (χ4n) is 2.53. The molecule has 114 valence electrons. The Morgan fingerprint density at radius 3 is 2.81 bits per heavy atom. The van der Waals surface area contributed by atoms with Crippen LogP contribution < -0.4 is 10.2 Å². The molecule has 1 aliphatic rings. The first kappa shape index (κ1) is 15.0. The number of aromatic nitrogens is 1. The largest absolute Gasteiger partial charge is 0.341 e. The minimum atomic E-state index is 0.487. The van der Waals surface area contributed by atoms with Crippen molar-refractivity contribution in [1.82, 2.24) is 10.3 Å². The Morgan fingerprint density at radius 1 is 1.43 bits per heavy atom. The predicted octanol–water partition coefficient (Wildman–Crippen LogP) is 4.22. The summed E-state index contributed by atoms with van der Waals surface area (Å²) in [6, 6.07) is 2.92. The molecule has 0 amide bonds. The van der Waals surface area contributed by atoms with Crippen LogP contribution in [0.3, 0.4) is 0 Å². The zero-order valence-electron chi connectivity index (χ0n) is 12.9. The van der Waals surface area contributed by atoms with Gasteiger partial charge in [0.25, 0.3) is 0 Å². The zero-order valence-corrected chi connectivity index (χ0v) is 14.6. The Labute approximate surface area is 135 Å². The first-order valence-corrected chi connectivity index (χ1v) is 9.37. The van der Waals surface area contributed by atoms with E-state index in [2.05, 4.69) is 40.9 Å². The van der Waals surface area contributed by atoms with E-state index in [4.69, 9.17) is 4.98 Å². The molecule has 0 unspecified atom stereocenters. The van der Waals surface area contributed by atoms with Gasteiger partial charge >= 0.3 is 0 Å². The van der Waals surface area contributed by atoms with Crippen LogP contribution >= 0.6 is 22.7 Å². The highest BCUT2D eigenvalue weighted by Crippen LogP contribution is 2.38. The second-order valence-electron chi connectivity index (χ2n) is 5.98. The first-order chi connectivity index (χ1) is 10.2. The van der Waals surface area contributed by atoms with Crippen molar-refractivity contribution in [1.29, 1.82) is 0 Å². The van der Waals surface area contributed by atoms with Gasteiger partial charge in [-0.25, -0.2) is 4.98 Å². The van der Waals surface area contributed by atoms with E-state index in [1.165, 1.54) is 34.1 Å². The van der Waals surface area contributed by atoms with Crippen molar-refractivity contribution in [3.8, 4) is 0 Å². The fourth-order valence-corrected chi connectivity index (χ4v) is 4.49. The summed E-state index contributed by atoms with van der Waals surface area (Å²) < 4.78 is 0. The summed E-state index contributed by atoms with van der Waals surface area (Å²) in [5, 5.41) is 8.89. The normalized spacial score (nSPS) is 14.9. The summed E-state index contributed by atoms with van der Waals surface area (Å²) in [4.78, 5) is 8.88. The maximum absolute atomic E-state index is 4.98. The highest BCUT2D eigenvalue weighted by molar-refractivity contribution is 7.15. The summed E-state index contributed by atoms with van der Waals surface area (Å²) in [6.07, 6.45) is 2.62. The van der Waals surface area contributed by atoms with Crippen molar-refractivity contribution < 1.29 is 0 Å². The average molecular weight is 322 g/mol. The summed E-state index contributed by atoms with van der Waals surface area (Å²) in [5.74, 6) is 0.487. The van der Waals surface area contributed by atoms with Crippen molar-refractivity contribution in [2.24, 2.45) is 0 Å². The Balaban J connectivity index is 1.86. The average Bonchev–Trinajstić information content (AvgIpc) is 2.99. The molecule has 1 N–H and O–H groups in total. The number of thiazole rings is 1. The van der Waals surface area contributed by atoms with Gasteiger partial charge in [0.05, 0.1) is 5.69 Å². The van der Waals surface area contributed by atoms with E-state index in [0.29, 0.717) is 12.0 Å². The lowest BCUT2D eigenvalue weighted by Crippen LogP contribution is -2.24. The van der Waals surface area contributed by atoms with Crippen molar-refractivity contribution in [3.05, 3.63) is 33.0 Å². The second kappa shape index (κ2) is 6.46. The molecule has 0 aromatic carbocycles. The van der Waals surface area contributed by atoms with Gasteiger partial charge in [-0.1, -0.05) is 13.8 Å². The van der Waals surface area contributed by atoms with Crippen LogP contribution in [0.5, 0.6) is 0 Å². The zero-order chi connectivity index (χ0) is 14.8. The van der Waals surface area contributed by atoms with E-state index in [9.17, 15) is 0 Å². The van der Waals surface area contributed by atoms with Gasteiger partial charge in [-0.05, 0) is 48.2 Å². The van der Waals surface area contributed by atoms with Crippen LogP contribution in [0.2, 0.25) is 0 Å². The van der Waals surface area contributed by atoms with Gasteiger partial charge in [-0.3, -0.25) is 0 Å². The standard InChI is InChI=1S/C16H23N3S2/c1-11(2)15-14(8-17-3)21-16(18-15)19(13-4-5-13)9-12-6-7-20-10-12/h6-7,10-11,13,17H,4-5,8-9H2,1-3H3. The minimum Gasteiger partial charge on any atom is -0.341 e. The molecule has 0 saturated heterocycles. The van der Waals surface area contributed by atoms with Crippen molar-refractivity contribution in [2.45, 2.75) is 51.7 Å². The van der Waals surface area contributed by atoms with Crippen LogP contribution in [-0.4, -0.2) is 18.1 Å². The predicted molar refractivity (Wildman–Crippen MR) is 92.5 cm³/mol. The molecule has 1 fully saturated rings. The molecule has 0 atom stereocenters. The van der Waals surface area contributed by atoms with Gasteiger partial charge < -0.3 is 10.2 Å². The molecule has 1 aliphatic carbocycles. The highest BCUT2D eigenvalue weighted by atomic mass is 32.1. The van der Waals surface area contributed by atoms with Crippen molar-refractivity contribution >= 4 is 27.8 Å².